The van der Waals surface area contributed by atoms with Crippen molar-refractivity contribution in [1.82, 2.24) is 0 Å². The molecule has 0 bridgehead atoms. The van der Waals surface area contributed by atoms with E-state index >= 15 is 0 Å². The van der Waals surface area contributed by atoms with Crippen LogP contribution in [0.3, 0.4) is 0 Å². The lowest BCUT2D eigenvalue weighted by molar-refractivity contribution is 0.0532. The maximum absolute atomic E-state index is 12.4. The van der Waals surface area contributed by atoms with Crippen LogP contribution in [0, 0.1) is 0 Å². The molecule has 0 radical (unpaired) electrons. The number of ether oxygens (including phenoxy) is 3. The number of aliphatic hydroxyl groups excluding tert-OH is 2. The molecule has 170 valence electrons. The van der Waals surface area contributed by atoms with Gasteiger partial charge in [0.15, 0.2) is 0 Å². The van der Waals surface area contributed by atoms with Gasteiger partial charge in [-0.1, -0.05) is 12.1 Å². The molecular formula is C25H28O6S. The minimum atomic E-state index is -0.335. The molecule has 0 saturated carbocycles. The fourth-order valence-electron chi connectivity index (χ4n) is 3.07. The summed E-state index contributed by atoms with van der Waals surface area (Å²) in [5, 5.41) is 17.8. The largest absolute Gasteiger partial charge is 0.494 e. The van der Waals surface area contributed by atoms with Crippen molar-refractivity contribution in [1.29, 1.82) is 0 Å². The Bertz CT molecular complexity index is 908. The number of carbonyl (C=O) groups is 1. The van der Waals surface area contributed by atoms with Crippen LogP contribution >= 0.6 is 11.3 Å². The van der Waals surface area contributed by atoms with Crippen LogP contribution in [0.2, 0.25) is 0 Å². The maximum atomic E-state index is 12.4. The molecule has 1 aromatic heterocycles. The average molecular weight is 457 g/mol. The standard InChI is InChI=1S/C25H28O6S/c1-2-29-25(28)23-17-22(18-5-9-20(10-6-18)30-15-3-13-26)24(32-23)19-7-11-21(12-8-19)31-16-4-14-27/h5-12,17,26-27H,2-4,13-16H2,1H3. The molecule has 0 aliphatic heterocycles. The smallest absolute Gasteiger partial charge is 0.348 e. The molecule has 0 atom stereocenters. The summed E-state index contributed by atoms with van der Waals surface area (Å²) in [6, 6.07) is 17.3. The van der Waals surface area contributed by atoms with E-state index in [4.69, 9.17) is 24.4 Å². The third-order valence-corrected chi connectivity index (χ3v) is 5.80. The quantitative estimate of drug-likeness (QED) is 0.301. The highest BCUT2D eigenvalue weighted by atomic mass is 32.1. The zero-order valence-electron chi connectivity index (χ0n) is 18.1. The van der Waals surface area contributed by atoms with E-state index in [1.165, 1.54) is 11.3 Å². The molecule has 0 saturated heterocycles. The summed E-state index contributed by atoms with van der Waals surface area (Å²) >= 11 is 1.40. The van der Waals surface area contributed by atoms with Gasteiger partial charge in [0.05, 0.1) is 19.8 Å². The molecule has 7 heteroatoms. The van der Waals surface area contributed by atoms with Gasteiger partial charge in [0.1, 0.15) is 16.4 Å². The van der Waals surface area contributed by atoms with E-state index < -0.39 is 0 Å². The van der Waals surface area contributed by atoms with Gasteiger partial charge in [0.2, 0.25) is 0 Å². The Morgan fingerprint density at radius 2 is 1.38 bits per heavy atom. The van der Waals surface area contributed by atoms with Crippen molar-refractivity contribution in [2.75, 3.05) is 33.0 Å². The molecule has 2 N–H and O–H groups in total. The van der Waals surface area contributed by atoms with Gasteiger partial charge in [-0.05, 0) is 60.5 Å². The summed E-state index contributed by atoms with van der Waals surface area (Å²) in [6.45, 7) is 3.22. The van der Waals surface area contributed by atoms with Crippen LogP contribution in [-0.2, 0) is 4.74 Å². The lowest BCUT2D eigenvalue weighted by Gasteiger charge is -2.09. The first kappa shape index (κ1) is 23.8. The minimum absolute atomic E-state index is 0.0955. The van der Waals surface area contributed by atoms with Gasteiger partial charge in [-0.3, -0.25) is 0 Å². The Morgan fingerprint density at radius 1 is 0.844 bits per heavy atom. The highest BCUT2D eigenvalue weighted by Crippen LogP contribution is 2.40. The van der Waals surface area contributed by atoms with Crippen LogP contribution in [0.25, 0.3) is 21.6 Å². The molecule has 3 rings (SSSR count). The summed E-state index contributed by atoms with van der Waals surface area (Å²) in [7, 11) is 0. The number of esters is 1. The van der Waals surface area contributed by atoms with Crippen LogP contribution in [0.1, 0.15) is 29.4 Å². The highest BCUT2D eigenvalue weighted by Gasteiger charge is 2.18. The van der Waals surface area contributed by atoms with Crippen molar-refractivity contribution in [3.63, 3.8) is 0 Å². The van der Waals surface area contributed by atoms with Crippen LogP contribution in [-0.4, -0.2) is 49.2 Å². The van der Waals surface area contributed by atoms with Crippen molar-refractivity contribution < 1.29 is 29.2 Å². The Kier molecular flexibility index (Phi) is 9.10. The van der Waals surface area contributed by atoms with Gasteiger partial charge in [0.25, 0.3) is 0 Å². The van der Waals surface area contributed by atoms with Gasteiger partial charge >= 0.3 is 5.97 Å². The Morgan fingerprint density at radius 3 is 1.88 bits per heavy atom. The minimum Gasteiger partial charge on any atom is -0.494 e. The Hall–Kier alpha value is -2.87. The SMILES string of the molecule is CCOC(=O)c1cc(-c2ccc(OCCCO)cc2)c(-c2ccc(OCCCO)cc2)s1. The third kappa shape index (κ3) is 6.32. The van der Waals surface area contributed by atoms with Gasteiger partial charge in [-0.15, -0.1) is 11.3 Å². The van der Waals surface area contributed by atoms with Crippen molar-refractivity contribution >= 4 is 17.3 Å². The molecule has 32 heavy (non-hydrogen) atoms. The monoisotopic (exact) mass is 456 g/mol. The van der Waals surface area contributed by atoms with Crippen molar-refractivity contribution in [3.05, 3.63) is 59.5 Å². The number of hydrogen-bond acceptors (Lipinski definition) is 7. The molecular weight excluding hydrogens is 428 g/mol. The van der Waals surface area contributed by atoms with E-state index in [-0.39, 0.29) is 19.2 Å². The summed E-state index contributed by atoms with van der Waals surface area (Å²) in [4.78, 5) is 13.9. The van der Waals surface area contributed by atoms with Gasteiger partial charge < -0.3 is 24.4 Å². The molecule has 3 aromatic rings. The normalized spacial score (nSPS) is 10.7. The van der Waals surface area contributed by atoms with E-state index in [0.29, 0.717) is 37.5 Å². The second-order valence-corrected chi connectivity index (χ2v) is 8.03. The summed E-state index contributed by atoms with van der Waals surface area (Å²) < 4.78 is 16.4. The number of thiophene rings is 1. The van der Waals surface area contributed by atoms with Crippen molar-refractivity contribution in [2.24, 2.45) is 0 Å². The van der Waals surface area contributed by atoms with Crippen LogP contribution in [0.4, 0.5) is 0 Å². The molecule has 0 fully saturated rings. The van der Waals surface area contributed by atoms with Gasteiger partial charge in [0, 0.05) is 36.5 Å². The highest BCUT2D eigenvalue weighted by molar-refractivity contribution is 7.18. The number of hydrogen-bond donors (Lipinski definition) is 2. The molecule has 0 aliphatic rings. The van der Waals surface area contributed by atoms with Gasteiger partial charge in [-0.2, -0.15) is 0 Å². The molecule has 0 aliphatic carbocycles. The lowest BCUT2D eigenvalue weighted by atomic mass is 10.0. The van der Waals surface area contributed by atoms with E-state index in [9.17, 15) is 4.79 Å². The molecule has 0 amide bonds. The van der Waals surface area contributed by atoms with E-state index in [1.807, 2.05) is 54.6 Å². The number of aliphatic hydroxyl groups is 2. The second kappa shape index (κ2) is 12.2. The number of rotatable bonds is 12. The summed E-state index contributed by atoms with van der Waals surface area (Å²) in [5.41, 5.74) is 2.87. The lowest BCUT2D eigenvalue weighted by Crippen LogP contribution is -2.01. The first-order valence-corrected chi connectivity index (χ1v) is 11.5. The molecule has 1 heterocycles. The van der Waals surface area contributed by atoms with Crippen molar-refractivity contribution in [3.8, 4) is 33.1 Å². The molecule has 2 aromatic carbocycles. The first-order valence-electron chi connectivity index (χ1n) is 10.7. The van der Waals surface area contributed by atoms with Gasteiger partial charge in [-0.25, -0.2) is 4.79 Å². The zero-order chi connectivity index (χ0) is 22.8. The topological polar surface area (TPSA) is 85.2 Å². The summed E-state index contributed by atoms with van der Waals surface area (Å²) in [5.74, 6) is 1.13. The van der Waals surface area contributed by atoms with Crippen LogP contribution in [0.15, 0.2) is 54.6 Å². The molecule has 6 nitrogen and oxygen atoms in total. The fraction of sp³-hybridized carbons (Fsp3) is 0.320. The maximum Gasteiger partial charge on any atom is 0.348 e. The van der Waals surface area contributed by atoms with E-state index in [1.54, 1.807) is 6.92 Å². The van der Waals surface area contributed by atoms with E-state index in [0.717, 1.165) is 33.1 Å². The molecule has 0 unspecified atom stereocenters. The Labute approximate surface area is 192 Å². The average Bonchev–Trinajstić information content (AvgIpc) is 3.26. The predicted molar refractivity (Wildman–Crippen MR) is 126 cm³/mol. The zero-order valence-corrected chi connectivity index (χ0v) is 18.9. The van der Waals surface area contributed by atoms with Crippen molar-refractivity contribution in [2.45, 2.75) is 19.8 Å². The number of benzene rings is 2. The van der Waals surface area contributed by atoms with Crippen LogP contribution < -0.4 is 9.47 Å². The van der Waals surface area contributed by atoms with Crippen LogP contribution in [0.5, 0.6) is 11.5 Å². The summed E-state index contributed by atoms with van der Waals surface area (Å²) in [6.07, 6.45) is 1.17. The fourth-order valence-corrected chi connectivity index (χ4v) is 4.14. The predicted octanol–water partition coefficient (Wildman–Crippen LogP) is 4.78. The third-order valence-electron chi connectivity index (χ3n) is 4.63. The van der Waals surface area contributed by atoms with E-state index in [2.05, 4.69) is 0 Å². The number of carbonyl (C=O) groups excluding carboxylic acids is 1. The second-order valence-electron chi connectivity index (χ2n) is 6.97. The molecule has 0 spiro atoms. The first-order chi connectivity index (χ1) is 15.7. The Balaban J connectivity index is 1.89.